The second-order valence-electron chi connectivity index (χ2n) is 8.71. The quantitative estimate of drug-likeness (QED) is 0.305. The summed E-state index contributed by atoms with van der Waals surface area (Å²) >= 11 is 1.51. The predicted molar refractivity (Wildman–Crippen MR) is 144 cm³/mol. The summed E-state index contributed by atoms with van der Waals surface area (Å²) in [5.74, 6) is 0.734. The molecule has 7 rings (SSSR count). The largest absolute Gasteiger partial charge is 0.469 e. The summed E-state index contributed by atoms with van der Waals surface area (Å²) in [6, 6.07) is 16.9. The molecule has 6 aromatic rings. The third-order valence-electron chi connectivity index (χ3n) is 6.71. The second-order valence-corrected chi connectivity index (χ2v) is 9.66. The van der Waals surface area contributed by atoms with E-state index in [0.29, 0.717) is 39.9 Å². The third-order valence-corrected chi connectivity index (χ3v) is 7.68. The maximum atomic E-state index is 7.22. The van der Waals surface area contributed by atoms with Gasteiger partial charge in [0.2, 0.25) is 5.60 Å². The molecule has 7 heterocycles. The van der Waals surface area contributed by atoms with E-state index in [2.05, 4.69) is 40.6 Å². The van der Waals surface area contributed by atoms with Crippen LogP contribution < -0.4 is 0 Å². The van der Waals surface area contributed by atoms with Crippen LogP contribution in [0.5, 0.6) is 0 Å². The van der Waals surface area contributed by atoms with Gasteiger partial charge in [0.05, 0.1) is 34.4 Å². The SMILES string of the molecule is c1ccc(C2(c3ccnnn3)C(c3cccnn3)=C(c3ncccn3)OC2(c2cnccn2)c2cccs2)nc1. The number of thiophene rings is 1. The minimum Gasteiger partial charge on any atom is -0.469 e. The first-order chi connectivity index (χ1) is 19.9. The molecule has 11 nitrogen and oxygen atoms in total. The van der Waals surface area contributed by atoms with Gasteiger partial charge in [-0.3, -0.25) is 15.0 Å². The maximum Gasteiger partial charge on any atom is 0.207 e. The molecule has 0 spiro atoms. The fraction of sp³-hybridized carbons (Fsp3) is 0.0714. The van der Waals surface area contributed by atoms with Gasteiger partial charge in [0.25, 0.3) is 0 Å². The molecule has 0 aliphatic carbocycles. The van der Waals surface area contributed by atoms with Gasteiger partial charge in [0.1, 0.15) is 11.1 Å². The van der Waals surface area contributed by atoms with Crippen molar-refractivity contribution in [2.45, 2.75) is 11.0 Å². The molecule has 12 heteroatoms. The highest BCUT2D eigenvalue weighted by molar-refractivity contribution is 7.10. The number of aromatic nitrogens is 10. The van der Waals surface area contributed by atoms with Crippen molar-refractivity contribution in [3.05, 3.63) is 143 Å². The number of pyridine rings is 1. The molecular formula is C28H18N10OS. The van der Waals surface area contributed by atoms with Crippen molar-refractivity contribution in [1.82, 2.24) is 50.5 Å². The monoisotopic (exact) mass is 542 g/mol. The van der Waals surface area contributed by atoms with Gasteiger partial charge in [0.15, 0.2) is 11.6 Å². The Morgan fingerprint density at radius 3 is 2.25 bits per heavy atom. The van der Waals surface area contributed by atoms with Crippen LogP contribution >= 0.6 is 11.3 Å². The summed E-state index contributed by atoms with van der Waals surface area (Å²) in [5.41, 5.74) is 0.0558. The first-order valence-electron chi connectivity index (χ1n) is 12.2. The van der Waals surface area contributed by atoms with Crippen LogP contribution in [0.1, 0.15) is 33.5 Å². The summed E-state index contributed by atoms with van der Waals surface area (Å²) in [6.45, 7) is 0. The van der Waals surface area contributed by atoms with Gasteiger partial charge in [-0.15, -0.1) is 21.5 Å². The predicted octanol–water partition coefficient (Wildman–Crippen LogP) is 3.53. The minimum absolute atomic E-state index is 0.354. The molecular weight excluding hydrogens is 524 g/mol. The molecule has 40 heavy (non-hydrogen) atoms. The van der Waals surface area contributed by atoms with Crippen LogP contribution in [0, 0.1) is 0 Å². The average Bonchev–Trinajstić information content (AvgIpc) is 3.70. The third kappa shape index (κ3) is 3.43. The number of hydrogen-bond acceptors (Lipinski definition) is 12. The normalized spacial score (nSPS) is 20.3. The van der Waals surface area contributed by atoms with E-state index in [-0.39, 0.29) is 0 Å². The van der Waals surface area contributed by atoms with Crippen LogP contribution in [0.4, 0.5) is 0 Å². The van der Waals surface area contributed by atoms with Crippen LogP contribution in [0.25, 0.3) is 11.3 Å². The molecule has 0 saturated carbocycles. The smallest absolute Gasteiger partial charge is 0.207 e. The van der Waals surface area contributed by atoms with Crippen LogP contribution in [0.3, 0.4) is 0 Å². The number of rotatable bonds is 6. The van der Waals surface area contributed by atoms with Gasteiger partial charge in [-0.25, -0.2) is 9.97 Å². The molecule has 2 atom stereocenters. The Bertz CT molecular complexity index is 1720. The van der Waals surface area contributed by atoms with Crippen LogP contribution in [-0.2, 0) is 15.8 Å². The maximum absolute atomic E-state index is 7.22. The van der Waals surface area contributed by atoms with E-state index in [4.69, 9.17) is 14.7 Å². The van der Waals surface area contributed by atoms with E-state index in [1.54, 1.807) is 61.7 Å². The summed E-state index contributed by atoms with van der Waals surface area (Å²) in [4.78, 5) is 24.2. The molecule has 0 aromatic carbocycles. The highest BCUT2D eigenvalue weighted by atomic mass is 32.1. The Labute approximate surface area is 231 Å². The Morgan fingerprint density at radius 1 is 0.650 bits per heavy atom. The Balaban J connectivity index is 1.74. The summed E-state index contributed by atoms with van der Waals surface area (Å²) in [6.07, 6.45) is 13.2. The van der Waals surface area contributed by atoms with Crippen molar-refractivity contribution in [3.8, 4) is 0 Å². The van der Waals surface area contributed by atoms with E-state index < -0.39 is 11.0 Å². The molecule has 0 fully saturated rings. The minimum atomic E-state index is -1.39. The zero-order valence-corrected chi connectivity index (χ0v) is 21.5. The van der Waals surface area contributed by atoms with Gasteiger partial charge in [0, 0.05) is 42.8 Å². The van der Waals surface area contributed by atoms with E-state index in [9.17, 15) is 0 Å². The molecule has 0 amide bonds. The van der Waals surface area contributed by atoms with Crippen molar-refractivity contribution in [1.29, 1.82) is 0 Å². The fourth-order valence-electron chi connectivity index (χ4n) is 5.28. The van der Waals surface area contributed by atoms with Crippen molar-refractivity contribution < 1.29 is 4.74 Å². The molecule has 6 aromatic heterocycles. The zero-order chi connectivity index (χ0) is 26.8. The first kappa shape index (κ1) is 23.7. The summed E-state index contributed by atoms with van der Waals surface area (Å²) < 4.78 is 7.22. The number of hydrogen-bond donors (Lipinski definition) is 0. The van der Waals surface area contributed by atoms with E-state index >= 15 is 0 Å². The molecule has 2 unspecified atom stereocenters. The van der Waals surface area contributed by atoms with Crippen molar-refractivity contribution in [2.75, 3.05) is 0 Å². The van der Waals surface area contributed by atoms with Crippen molar-refractivity contribution >= 4 is 22.7 Å². The highest BCUT2D eigenvalue weighted by Crippen LogP contribution is 2.65. The topological polar surface area (TPSA) is 138 Å². The molecule has 0 bridgehead atoms. The lowest BCUT2D eigenvalue weighted by atomic mass is 9.60. The average molecular weight is 543 g/mol. The van der Waals surface area contributed by atoms with Gasteiger partial charge in [-0.1, -0.05) is 12.1 Å². The Kier molecular flexibility index (Phi) is 5.78. The zero-order valence-electron chi connectivity index (χ0n) is 20.7. The lowest BCUT2D eigenvalue weighted by Crippen LogP contribution is -2.51. The second kappa shape index (κ2) is 9.75. The van der Waals surface area contributed by atoms with Crippen molar-refractivity contribution in [3.63, 3.8) is 0 Å². The fourth-order valence-corrected chi connectivity index (χ4v) is 6.21. The van der Waals surface area contributed by atoms with Crippen molar-refractivity contribution in [2.24, 2.45) is 0 Å². The van der Waals surface area contributed by atoms with Gasteiger partial charge < -0.3 is 4.74 Å². The van der Waals surface area contributed by atoms with E-state index in [0.717, 1.165) is 4.88 Å². The number of nitrogens with zero attached hydrogens (tertiary/aromatic N) is 10. The van der Waals surface area contributed by atoms with Crippen LogP contribution in [0.2, 0.25) is 0 Å². The molecule has 0 saturated heterocycles. The highest BCUT2D eigenvalue weighted by Gasteiger charge is 2.69. The standard InChI is InChI=1S/C28H18N10OS/c1-2-10-30-20(7-1)27(21-9-14-35-38-37-21)24(19-6-3-13-34-36-19)25(26-32-11-5-12-33-26)39-28(27,23-8-4-17-40-23)22-18-29-15-16-31-22/h1-18H. The van der Waals surface area contributed by atoms with Crippen LogP contribution in [0.15, 0.2) is 110 Å². The van der Waals surface area contributed by atoms with E-state index in [1.807, 2.05) is 47.8 Å². The summed E-state index contributed by atoms with van der Waals surface area (Å²) in [7, 11) is 0. The molecule has 0 radical (unpaired) electrons. The van der Waals surface area contributed by atoms with Gasteiger partial charge >= 0.3 is 0 Å². The lowest BCUT2D eigenvalue weighted by molar-refractivity contribution is 0.0509. The Morgan fingerprint density at radius 2 is 1.55 bits per heavy atom. The van der Waals surface area contributed by atoms with Crippen LogP contribution in [-0.4, -0.2) is 50.5 Å². The molecule has 1 aliphatic heterocycles. The summed E-state index contributed by atoms with van der Waals surface area (Å²) in [5, 5.41) is 23.4. The Hall–Kier alpha value is -5.36. The molecule has 1 aliphatic rings. The molecule has 192 valence electrons. The van der Waals surface area contributed by atoms with E-state index in [1.165, 1.54) is 11.3 Å². The first-order valence-corrected chi connectivity index (χ1v) is 13.1. The molecule has 0 N–H and O–H groups in total. The number of ether oxygens (including phenoxy) is 1. The van der Waals surface area contributed by atoms with Gasteiger partial charge in [-0.05, 0) is 53.1 Å². The lowest BCUT2D eigenvalue weighted by Gasteiger charge is -2.43. The van der Waals surface area contributed by atoms with Gasteiger partial charge in [-0.2, -0.15) is 10.2 Å².